The van der Waals surface area contributed by atoms with E-state index in [4.69, 9.17) is 9.47 Å². The van der Waals surface area contributed by atoms with Gasteiger partial charge in [0.15, 0.2) is 5.96 Å². The van der Waals surface area contributed by atoms with Gasteiger partial charge in [-0.15, -0.1) is 0 Å². The van der Waals surface area contributed by atoms with Gasteiger partial charge in [-0.2, -0.15) is 0 Å². The van der Waals surface area contributed by atoms with Crippen molar-refractivity contribution in [2.24, 2.45) is 4.99 Å². The second kappa shape index (κ2) is 13.0. The van der Waals surface area contributed by atoms with Crippen molar-refractivity contribution >= 4 is 11.9 Å². The van der Waals surface area contributed by atoms with Crippen molar-refractivity contribution in [2.45, 2.75) is 19.9 Å². The zero-order valence-electron chi connectivity index (χ0n) is 17.1. The number of nitrogens with one attached hydrogen (secondary N) is 3. The first kappa shape index (κ1) is 22.1. The van der Waals surface area contributed by atoms with Crippen LogP contribution < -0.4 is 25.4 Å². The molecule has 0 aliphatic rings. The molecule has 7 heteroatoms. The lowest BCUT2D eigenvalue weighted by atomic mass is 10.2. The highest BCUT2D eigenvalue weighted by Gasteiger charge is 2.02. The minimum Gasteiger partial charge on any atom is -0.497 e. The van der Waals surface area contributed by atoms with Crippen LogP contribution in [-0.4, -0.2) is 45.2 Å². The predicted octanol–water partition coefficient (Wildman–Crippen LogP) is 2.34. The maximum atomic E-state index is 12.0. The Morgan fingerprint density at radius 3 is 2.38 bits per heavy atom. The maximum Gasteiger partial charge on any atom is 0.222 e. The van der Waals surface area contributed by atoms with Crippen molar-refractivity contribution in [3.05, 3.63) is 60.2 Å². The minimum absolute atomic E-state index is 0.0173. The molecular weight excluding hydrogens is 368 g/mol. The van der Waals surface area contributed by atoms with E-state index in [1.54, 1.807) is 7.11 Å². The Morgan fingerprint density at radius 2 is 1.69 bits per heavy atom. The van der Waals surface area contributed by atoms with Gasteiger partial charge in [-0.05, 0) is 36.8 Å². The number of amides is 1. The molecule has 0 aliphatic heterocycles. The van der Waals surface area contributed by atoms with Gasteiger partial charge in [0, 0.05) is 19.5 Å². The summed E-state index contributed by atoms with van der Waals surface area (Å²) in [5.74, 6) is 2.23. The van der Waals surface area contributed by atoms with Gasteiger partial charge in [-0.25, -0.2) is 0 Å². The number of hydrogen-bond donors (Lipinski definition) is 3. The Bertz CT molecular complexity index is 748. The van der Waals surface area contributed by atoms with E-state index in [0.717, 1.165) is 23.6 Å². The van der Waals surface area contributed by atoms with Gasteiger partial charge in [0.25, 0.3) is 0 Å². The summed E-state index contributed by atoms with van der Waals surface area (Å²) < 4.78 is 10.8. The van der Waals surface area contributed by atoms with Crippen LogP contribution >= 0.6 is 0 Å². The molecule has 0 spiro atoms. The topological polar surface area (TPSA) is 84.0 Å². The van der Waals surface area contributed by atoms with Crippen molar-refractivity contribution < 1.29 is 14.3 Å². The maximum absolute atomic E-state index is 12.0. The van der Waals surface area contributed by atoms with Crippen molar-refractivity contribution in [1.29, 1.82) is 0 Å². The number of nitrogens with zero attached hydrogens (tertiary/aromatic N) is 1. The molecular formula is C22H30N4O3. The highest BCUT2D eigenvalue weighted by molar-refractivity contribution is 5.80. The smallest absolute Gasteiger partial charge is 0.222 e. The summed E-state index contributed by atoms with van der Waals surface area (Å²) in [6.07, 6.45) is 0.339. The Kier molecular flexibility index (Phi) is 9.93. The molecule has 0 unspecified atom stereocenters. The van der Waals surface area contributed by atoms with Crippen LogP contribution in [0.1, 0.15) is 18.9 Å². The second-order valence-electron chi connectivity index (χ2n) is 6.22. The van der Waals surface area contributed by atoms with Gasteiger partial charge in [0.2, 0.25) is 5.91 Å². The van der Waals surface area contributed by atoms with Gasteiger partial charge < -0.3 is 25.4 Å². The van der Waals surface area contributed by atoms with Gasteiger partial charge in [-0.3, -0.25) is 9.79 Å². The van der Waals surface area contributed by atoms with Crippen molar-refractivity contribution in [3.8, 4) is 11.5 Å². The molecule has 0 radical (unpaired) electrons. The average Bonchev–Trinajstić information content (AvgIpc) is 2.76. The van der Waals surface area contributed by atoms with E-state index in [0.29, 0.717) is 38.6 Å². The van der Waals surface area contributed by atoms with Crippen molar-refractivity contribution in [1.82, 2.24) is 16.0 Å². The lowest BCUT2D eigenvalue weighted by Gasteiger charge is -2.12. The molecule has 1 amide bonds. The average molecular weight is 399 g/mol. The number of aliphatic imine (C=N–C) groups is 1. The molecule has 2 rings (SSSR count). The van der Waals surface area contributed by atoms with Gasteiger partial charge >= 0.3 is 0 Å². The number of ether oxygens (including phenoxy) is 2. The molecule has 0 fully saturated rings. The van der Waals surface area contributed by atoms with Gasteiger partial charge in [0.05, 0.1) is 20.2 Å². The van der Waals surface area contributed by atoms with Crippen LogP contribution in [0.5, 0.6) is 11.5 Å². The first-order chi connectivity index (χ1) is 14.2. The Labute approximate surface area is 172 Å². The monoisotopic (exact) mass is 398 g/mol. The molecule has 0 aromatic heterocycles. The van der Waals surface area contributed by atoms with Crippen LogP contribution in [0.4, 0.5) is 0 Å². The van der Waals surface area contributed by atoms with E-state index in [1.807, 2.05) is 61.5 Å². The Morgan fingerprint density at radius 1 is 0.966 bits per heavy atom. The quantitative estimate of drug-likeness (QED) is 0.307. The molecule has 29 heavy (non-hydrogen) atoms. The largest absolute Gasteiger partial charge is 0.497 e. The van der Waals surface area contributed by atoms with Crippen LogP contribution in [0.15, 0.2) is 59.6 Å². The molecule has 7 nitrogen and oxygen atoms in total. The first-order valence-electron chi connectivity index (χ1n) is 9.81. The van der Waals surface area contributed by atoms with Crippen LogP contribution in [0, 0.1) is 0 Å². The molecule has 3 N–H and O–H groups in total. The van der Waals surface area contributed by atoms with Gasteiger partial charge in [0.1, 0.15) is 18.1 Å². The number of carbonyl (C=O) groups is 1. The lowest BCUT2D eigenvalue weighted by Crippen LogP contribution is -2.39. The summed E-state index contributed by atoms with van der Waals surface area (Å²) in [5.41, 5.74) is 1.08. The molecule has 0 saturated heterocycles. The fourth-order valence-electron chi connectivity index (χ4n) is 2.51. The van der Waals surface area contributed by atoms with Crippen LogP contribution in [0.25, 0.3) is 0 Å². The zero-order valence-corrected chi connectivity index (χ0v) is 17.1. The first-order valence-corrected chi connectivity index (χ1v) is 9.81. The van der Waals surface area contributed by atoms with E-state index in [-0.39, 0.29) is 5.91 Å². The standard InChI is InChI=1S/C22H30N4O3/c1-3-23-22(25-15-16-29-20-11-9-19(28-2)10-12-20)24-14-13-21(27)26-17-18-7-5-4-6-8-18/h4-12H,3,13-17H2,1-2H3,(H,26,27)(H2,23,24,25). The molecule has 2 aromatic rings. The van der Waals surface area contributed by atoms with Crippen LogP contribution in [0.3, 0.4) is 0 Å². The summed E-state index contributed by atoms with van der Waals surface area (Å²) >= 11 is 0. The predicted molar refractivity (Wildman–Crippen MR) is 115 cm³/mol. The molecule has 0 saturated carbocycles. The molecule has 2 aromatic carbocycles. The fourth-order valence-corrected chi connectivity index (χ4v) is 2.51. The molecule has 0 bridgehead atoms. The molecule has 0 heterocycles. The lowest BCUT2D eigenvalue weighted by molar-refractivity contribution is -0.121. The summed E-state index contributed by atoms with van der Waals surface area (Å²) in [4.78, 5) is 16.4. The van der Waals surface area contributed by atoms with E-state index < -0.39 is 0 Å². The third kappa shape index (κ3) is 9.01. The number of rotatable bonds is 11. The number of carbonyl (C=O) groups excluding carboxylic acids is 1. The highest BCUT2D eigenvalue weighted by Crippen LogP contribution is 2.16. The number of hydrogen-bond acceptors (Lipinski definition) is 4. The van der Waals surface area contributed by atoms with Crippen LogP contribution in [-0.2, 0) is 11.3 Å². The molecule has 0 atom stereocenters. The SMILES string of the molecule is CCNC(=NCCC(=O)NCc1ccccc1)NCCOc1ccc(OC)cc1. The van der Waals surface area contributed by atoms with Crippen LogP contribution in [0.2, 0.25) is 0 Å². The number of methoxy groups -OCH3 is 1. The van der Waals surface area contributed by atoms with Gasteiger partial charge in [-0.1, -0.05) is 30.3 Å². The zero-order chi connectivity index (χ0) is 20.7. The fraction of sp³-hybridized carbons (Fsp3) is 0.364. The Hall–Kier alpha value is -3.22. The number of guanidine groups is 1. The van der Waals surface area contributed by atoms with Crippen molar-refractivity contribution in [2.75, 3.05) is 33.4 Å². The minimum atomic E-state index is -0.0173. The third-order valence-corrected chi connectivity index (χ3v) is 4.01. The van der Waals surface area contributed by atoms with E-state index in [2.05, 4.69) is 20.9 Å². The third-order valence-electron chi connectivity index (χ3n) is 4.01. The normalized spacial score (nSPS) is 10.9. The summed E-state index contributed by atoms with van der Waals surface area (Å²) in [7, 11) is 1.63. The van der Waals surface area contributed by atoms with Crippen molar-refractivity contribution in [3.63, 3.8) is 0 Å². The summed E-state index contributed by atoms with van der Waals surface area (Å²) in [6.45, 7) is 4.77. The number of benzene rings is 2. The molecule has 156 valence electrons. The summed E-state index contributed by atoms with van der Waals surface area (Å²) in [6, 6.07) is 17.3. The Balaban J connectivity index is 1.66. The van der Waals surface area contributed by atoms with E-state index in [1.165, 1.54) is 0 Å². The van der Waals surface area contributed by atoms with E-state index >= 15 is 0 Å². The van der Waals surface area contributed by atoms with E-state index in [9.17, 15) is 4.79 Å². The second-order valence-corrected chi connectivity index (χ2v) is 6.22. The highest BCUT2D eigenvalue weighted by atomic mass is 16.5. The molecule has 0 aliphatic carbocycles. The summed E-state index contributed by atoms with van der Waals surface area (Å²) in [5, 5.41) is 9.27.